The van der Waals surface area contributed by atoms with Crippen LogP contribution in [0.2, 0.25) is 0 Å². The number of hydrogen-bond acceptors (Lipinski definition) is 5. The van der Waals surface area contributed by atoms with Gasteiger partial charge in [0, 0.05) is 56.7 Å². The lowest BCUT2D eigenvalue weighted by molar-refractivity contribution is 0.0641. The Hall–Kier alpha value is -2.44. The summed E-state index contributed by atoms with van der Waals surface area (Å²) < 4.78 is 1.21. The molecule has 1 aromatic carbocycles. The maximum absolute atomic E-state index is 13.3. The molecule has 2 fully saturated rings. The number of piperazine rings is 1. The van der Waals surface area contributed by atoms with Crippen LogP contribution in [0.25, 0.3) is 10.1 Å². The van der Waals surface area contributed by atoms with Crippen molar-refractivity contribution in [3.8, 4) is 0 Å². The summed E-state index contributed by atoms with van der Waals surface area (Å²) in [4.78, 5) is 25.8. The Balaban J connectivity index is 1.19. The fourth-order valence-corrected chi connectivity index (χ4v) is 6.16. The number of aromatic nitrogens is 1. The lowest BCUT2D eigenvalue weighted by atomic mass is 9.96. The van der Waals surface area contributed by atoms with Crippen LogP contribution in [0.15, 0.2) is 48.7 Å². The highest BCUT2D eigenvalue weighted by Crippen LogP contribution is 2.32. The second-order valence-electron chi connectivity index (χ2n) is 8.79. The summed E-state index contributed by atoms with van der Waals surface area (Å²) in [6, 6.07) is 14.5. The van der Waals surface area contributed by atoms with Crippen molar-refractivity contribution in [2.75, 3.05) is 50.7 Å². The third-order valence-corrected chi connectivity index (χ3v) is 7.97. The van der Waals surface area contributed by atoms with E-state index in [9.17, 15) is 4.79 Å². The van der Waals surface area contributed by atoms with Crippen molar-refractivity contribution in [3.05, 3.63) is 59.1 Å². The molecule has 1 unspecified atom stereocenters. The molecule has 2 aliphatic rings. The molecule has 3 aromatic rings. The zero-order valence-electron chi connectivity index (χ0n) is 18.2. The molecule has 0 radical (unpaired) electrons. The molecule has 162 valence electrons. The number of hydrogen-bond donors (Lipinski definition) is 0. The van der Waals surface area contributed by atoms with E-state index in [1.54, 1.807) is 11.3 Å². The Morgan fingerprint density at radius 3 is 2.65 bits per heavy atom. The highest BCUT2D eigenvalue weighted by Gasteiger charge is 2.29. The summed E-state index contributed by atoms with van der Waals surface area (Å²) in [5.74, 6) is 1.87. The van der Waals surface area contributed by atoms with Crippen LogP contribution in [0.1, 0.15) is 28.1 Å². The third kappa shape index (κ3) is 4.32. The molecule has 2 saturated heterocycles. The van der Waals surface area contributed by atoms with E-state index in [0.717, 1.165) is 68.5 Å². The second-order valence-corrected chi connectivity index (χ2v) is 9.84. The number of anilines is 1. The summed E-state index contributed by atoms with van der Waals surface area (Å²) in [5, 5.41) is 1.22. The van der Waals surface area contributed by atoms with Crippen LogP contribution in [0.5, 0.6) is 0 Å². The molecule has 2 aromatic heterocycles. The minimum atomic E-state index is 0.225. The molecule has 0 N–H and O–H groups in total. The van der Waals surface area contributed by atoms with E-state index in [1.807, 2.05) is 12.3 Å². The van der Waals surface area contributed by atoms with Gasteiger partial charge in [-0.2, -0.15) is 0 Å². The van der Waals surface area contributed by atoms with Gasteiger partial charge < -0.3 is 9.80 Å². The number of likely N-dealkylation sites (tertiary alicyclic amines) is 1. The van der Waals surface area contributed by atoms with E-state index in [1.165, 1.54) is 16.5 Å². The standard InChI is InChI=1S/C25H30N4OS/c1-19-21-8-2-3-9-22(21)31-24(19)25(30)29-12-6-7-20(18-29)17-27-13-15-28(16-14-27)23-10-4-5-11-26-23/h2-5,8-11,20H,6-7,12-18H2,1H3. The molecule has 0 saturated carbocycles. The van der Waals surface area contributed by atoms with Crippen LogP contribution in [-0.2, 0) is 0 Å². The first kappa shape index (κ1) is 20.5. The van der Waals surface area contributed by atoms with Crippen molar-refractivity contribution >= 4 is 33.1 Å². The van der Waals surface area contributed by atoms with Crippen molar-refractivity contribution in [1.82, 2.24) is 14.8 Å². The molecule has 4 heterocycles. The van der Waals surface area contributed by atoms with Crippen LogP contribution in [0, 0.1) is 12.8 Å². The van der Waals surface area contributed by atoms with Crippen LogP contribution < -0.4 is 4.90 Å². The molecule has 31 heavy (non-hydrogen) atoms. The Kier molecular flexibility index (Phi) is 5.92. The number of piperidine rings is 1. The van der Waals surface area contributed by atoms with E-state index in [0.29, 0.717) is 5.92 Å². The molecule has 5 nitrogen and oxygen atoms in total. The number of rotatable bonds is 4. The zero-order chi connectivity index (χ0) is 21.2. The van der Waals surface area contributed by atoms with E-state index in [4.69, 9.17) is 0 Å². The molecule has 0 spiro atoms. The Labute approximate surface area is 188 Å². The Morgan fingerprint density at radius 2 is 1.87 bits per heavy atom. The predicted molar refractivity (Wildman–Crippen MR) is 128 cm³/mol. The fraction of sp³-hybridized carbons (Fsp3) is 0.440. The highest BCUT2D eigenvalue weighted by atomic mass is 32.1. The van der Waals surface area contributed by atoms with Crippen LogP contribution in [-0.4, -0.2) is 66.5 Å². The molecule has 6 heteroatoms. The molecule has 2 aliphatic heterocycles. The van der Waals surface area contributed by atoms with Crippen molar-refractivity contribution in [3.63, 3.8) is 0 Å². The number of nitrogens with zero attached hydrogens (tertiary/aromatic N) is 4. The zero-order valence-corrected chi connectivity index (χ0v) is 19.0. The number of pyridine rings is 1. The number of benzene rings is 1. The van der Waals surface area contributed by atoms with Gasteiger partial charge in [-0.05, 0) is 54.8 Å². The number of fused-ring (bicyclic) bond motifs is 1. The quantitative estimate of drug-likeness (QED) is 0.615. The lowest BCUT2D eigenvalue weighted by Crippen LogP contribution is -2.50. The summed E-state index contributed by atoms with van der Waals surface area (Å²) >= 11 is 1.65. The lowest BCUT2D eigenvalue weighted by Gasteiger charge is -2.39. The topological polar surface area (TPSA) is 39.7 Å². The molecule has 5 rings (SSSR count). The minimum Gasteiger partial charge on any atom is -0.354 e. The summed E-state index contributed by atoms with van der Waals surface area (Å²) in [5.41, 5.74) is 1.14. The fourth-order valence-electron chi connectivity index (χ4n) is 4.99. The predicted octanol–water partition coefficient (Wildman–Crippen LogP) is 4.28. The first-order chi connectivity index (χ1) is 15.2. The molecule has 1 atom stereocenters. The number of carbonyl (C=O) groups excluding carboxylic acids is 1. The average molecular weight is 435 g/mol. The monoisotopic (exact) mass is 434 g/mol. The van der Waals surface area contributed by atoms with Crippen LogP contribution >= 0.6 is 11.3 Å². The van der Waals surface area contributed by atoms with E-state index in [2.05, 4.69) is 63.0 Å². The van der Waals surface area contributed by atoms with Crippen LogP contribution in [0.3, 0.4) is 0 Å². The maximum atomic E-state index is 13.3. The first-order valence-electron chi connectivity index (χ1n) is 11.3. The number of aryl methyl sites for hydroxylation is 1. The van der Waals surface area contributed by atoms with E-state index < -0.39 is 0 Å². The van der Waals surface area contributed by atoms with Crippen molar-refractivity contribution in [2.45, 2.75) is 19.8 Å². The van der Waals surface area contributed by atoms with Crippen LogP contribution in [0.4, 0.5) is 5.82 Å². The third-order valence-electron chi connectivity index (χ3n) is 6.71. The normalized spacial score (nSPS) is 20.4. The van der Waals surface area contributed by atoms with Crippen molar-refractivity contribution in [2.24, 2.45) is 5.92 Å². The van der Waals surface area contributed by atoms with Gasteiger partial charge in [-0.1, -0.05) is 24.3 Å². The van der Waals surface area contributed by atoms with Gasteiger partial charge in [-0.3, -0.25) is 9.69 Å². The smallest absolute Gasteiger partial charge is 0.264 e. The van der Waals surface area contributed by atoms with Gasteiger partial charge in [0.15, 0.2) is 0 Å². The van der Waals surface area contributed by atoms with Gasteiger partial charge in [0.2, 0.25) is 0 Å². The Bertz CT molecular complexity index is 1040. The van der Waals surface area contributed by atoms with Crippen molar-refractivity contribution in [1.29, 1.82) is 0 Å². The second kappa shape index (κ2) is 8.97. The van der Waals surface area contributed by atoms with Gasteiger partial charge in [0.05, 0.1) is 4.88 Å². The largest absolute Gasteiger partial charge is 0.354 e. The number of amides is 1. The summed E-state index contributed by atoms with van der Waals surface area (Å²) in [6.45, 7) is 9.12. The minimum absolute atomic E-state index is 0.225. The maximum Gasteiger partial charge on any atom is 0.264 e. The van der Waals surface area contributed by atoms with Gasteiger partial charge >= 0.3 is 0 Å². The average Bonchev–Trinajstić information content (AvgIpc) is 3.16. The number of thiophene rings is 1. The van der Waals surface area contributed by atoms with Gasteiger partial charge in [0.25, 0.3) is 5.91 Å². The van der Waals surface area contributed by atoms with Crippen molar-refractivity contribution < 1.29 is 4.79 Å². The van der Waals surface area contributed by atoms with Gasteiger partial charge in [-0.15, -0.1) is 11.3 Å². The Morgan fingerprint density at radius 1 is 1.06 bits per heavy atom. The number of carbonyl (C=O) groups is 1. The molecule has 1 amide bonds. The molecular formula is C25H30N4OS. The van der Waals surface area contributed by atoms with E-state index in [-0.39, 0.29) is 5.91 Å². The van der Waals surface area contributed by atoms with Gasteiger partial charge in [0.1, 0.15) is 5.82 Å². The SMILES string of the molecule is Cc1c(C(=O)N2CCCC(CN3CCN(c4ccccn4)CC3)C2)sc2ccccc12. The highest BCUT2D eigenvalue weighted by molar-refractivity contribution is 7.21. The molecule has 0 aliphatic carbocycles. The van der Waals surface area contributed by atoms with Gasteiger partial charge in [-0.25, -0.2) is 4.98 Å². The molecular weight excluding hydrogens is 404 g/mol. The molecule has 0 bridgehead atoms. The summed E-state index contributed by atoms with van der Waals surface area (Å²) in [7, 11) is 0. The first-order valence-corrected chi connectivity index (χ1v) is 12.2. The summed E-state index contributed by atoms with van der Waals surface area (Å²) in [6.07, 6.45) is 4.19. The van der Waals surface area contributed by atoms with E-state index >= 15 is 0 Å².